The molecule has 0 radical (unpaired) electrons. The summed E-state index contributed by atoms with van der Waals surface area (Å²) in [5.74, 6) is 0. The minimum Gasteiger partial charge on any atom is -0.445 e. The fraction of sp³-hybridized carbons (Fsp3) is 0.273. The predicted octanol–water partition coefficient (Wildman–Crippen LogP) is 5.33. The van der Waals surface area contributed by atoms with Gasteiger partial charge in [0, 0.05) is 23.6 Å². The molecule has 4 nitrogen and oxygen atoms in total. The van der Waals surface area contributed by atoms with Crippen LogP contribution in [0.2, 0.25) is 0 Å². The number of carbonyl (C=O) groups is 1. The first kappa shape index (κ1) is 18.0. The van der Waals surface area contributed by atoms with Gasteiger partial charge >= 0.3 is 6.09 Å². The van der Waals surface area contributed by atoms with Crippen molar-refractivity contribution in [2.45, 2.75) is 31.9 Å². The van der Waals surface area contributed by atoms with Gasteiger partial charge in [-0.1, -0.05) is 58.4 Å². The summed E-state index contributed by atoms with van der Waals surface area (Å²) in [5.41, 5.74) is 4.38. The van der Waals surface area contributed by atoms with Gasteiger partial charge in [-0.3, -0.25) is 4.99 Å². The van der Waals surface area contributed by atoms with Gasteiger partial charge < -0.3 is 9.64 Å². The highest BCUT2D eigenvalue weighted by Crippen LogP contribution is 2.31. The van der Waals surface area contributed by atoms with Crippen LogP contribution >= 0.6 is 15.9 Å². The van der Waals surface area contributed by atoms with Crippen molar-refractivity contribution in [2.75, 3.05) is 6.54 Å². The molecule has 2 aliphatic heterocycles. The number of rotatable bonds is 4. The Labute approximate surface area is 167 Å². The lowest BCUT2D eigenvalue weighted by Gasteiger charge is -2.25. The molecule has 0 aromatic heterocycles. The van der Waals surface area contributed by atoms with Crippen molar-refractivity contribution in [2.24, 2.45) is 4.99 Å². The van der Waals surface area contributed by atoms with Crippen molar-refractivity contribution in [1.82, 2.24) is 4.90 Å². The molecule has 0 bridgehead atoms. The molecule has 27 heavy (non-hydrogen) atoms. The van der Waals surface area contributed by atoms with Gasteiger partial charge in [-0.15, -0.1) is 0 Å². The average molecular weight is 425 g/mol. The van der Waals surface area contributed by atoms with Gasteiger partial charge in [0.15, 0.2) is 0 Å². The number of halogens is 1. The monoisotopic (exact) mass is 424 g/mol. The molecule has 1 amide bonds. The van der Waals surface area contributed by atoms with Crippen LogP contribution in [0.1, 0.15) is 30.4 Å². The van der Waals surface area contributed by atoms with Crippen LogP contribution in [0.3, 0.4) is 0 Å². The van der Waals surface area contributed by atoms with Gasteiger partial charge in [-0.05, 0) is 41.7 Å². The fourth-order valence-corrected chi connectivity index (χ4v) is 3.91. The number of likely N-dealkylation sites (tertiary alicyclic amines) is 1. The molecule has 2 aromatic carbocycles. The van der Waals surface area contributed by atoms with E-state index in [1.165, 1.54) is 5.57 Å². The molecule has 1 fully saturated rings. The van der Waals surface area contributed by atoms with Crippen LogP contribution in [0.5, 0.6) is 0 Å². The summed E-state index contributed by atoms with van der Waals surface area (Å²) in [6.07, 6.45) is 4.45. The van der Waals surface area contributed by atoms with Crippen molar-refractivity contribution < 1.29 is 9.53 Å². The Hall–Kier alpha value is -2.40. The minimum atomic E-state index is -0.237. The molecule has 2 aromatic rings. The van der Waals surface area contributed by atoms with E-state index in [-0.39, 0.29) is 12.1 Å². The van der Waals surface area contributed by atoms with E-state index >= 15 is 0 Å². The van der Waals surface area contributed by atoms with E-state index in [0.29, 0.717) is 6.61 Å². The van der Waals surface area contributed by atoms with Gasteiger partial charge in [-0.25, -0.2) is 4.79 Å². The van der Waals surface area contributed by atoms with Gasteiger partial charge in [-0.2, -0.15) is 0 Å². The number of benzene rings is 2. The van der Waals surface area contributed by atoms with E-state index in [0.717, 1.165) is 47.1 Å². The molecule has 0 spiro atoms. The van der Waals surface area contributed by atoms with Crippen LogP contribution in [0.4, 0.5) is 4.79 Å². The van der Waals surface area contributed by atoms with E-state index in [1.54, 1.807) is 0 Å². The Morgan fingerprint density at radius 3 is 2.70 bits per heavy atom. The number of amides is 1. The van der Waals surface area contributed by atoms with E-state index in [9.17, 15) is 4.79 Å². The molecule has 4 rings (SSSR count). The van der Waals surface area contributed by atoms with Crippen LogP contribution in [0, 0.1) is 0 Å². The molecule has 1 atom stereocenters. The summed E-state index contributed by atoms with van der Waals surface area (Å²) >= 11 is 3.46. The lowest BCUT2D eigenvalue weighted by Crippen LogP contribution is -2.37. The predicted molar refractivity (Wildman–Crippen MR) is 110 cm³/mol. The van der Waals surface area contributed by atoms with Crippen molar-refractivity contribution in [1.29, 1.82) is 0 Å². The third kappa shape index (κ3) is 4.14. The first-order chi connectivity index (χ1) is 13.2. The molecule has 138 valence electrons. The smallest absolute Gasteiger partial charge is 0.410 e. The van der Waals surface area contributed by atoms with E-state index in [2.05, 4.69) is 33.1 Å². The summed E-state index contributed by atoms with van der Waals surface area (Å²) in [4.78, 5) is 19.1. The van der Waals surface area contributed by atoms with E-state index < -0.39 is 0 Å². The van der Waals surface area contributed by atoms with Crippen LogP contribution in [-0.4, -0.2) is 29.3 Å². The van der Waals surface area contributed by atoms with Crippen molar-refractivity contribution in [3.8, 4) is 0 Å². The normalized spacial score (nSPS) is 19.0. The summed E-state index contributed by atoms with van der Waals surface area (Å²) in [6, 6.07) is 18.1. The molecular weight excluding hydrogens is 404 g/mol. The molecule has 5 heteroatoms. The Balaban J connectivity index is 1.37. The zero-order chi connectivity index (χ0) is 18.6. The Kier molecular flexibility index (Phi) is 5.39. The Morgan fingerprint density at radius 1 is 1.15 bits per heavy atom. The lowest BCUT2D eigenvalue weighted by molar-refractivity contribution is 0.0961. The van der Waals surface area contributed by atoms with Gasteiger partial charge in [0.05, 0.1) is 11.8 Å². The van der Waals surface area contributed by atoms with Crippen LogP contribution < -0.4 is 0 Å². The summed E-state index contributed by atoms with van der Waals surface area (Å²) < 4.78 is 6.60. The average Bonchev–Trinajstić information content (AvgIpc) is 3.37. The SMILES string of the molecule is O=C(OCc1ccccc1)N1CCC[C@H]1C1=CN=C(c2ccc(Br)cc2)C1. The molecule has 2 heterocycles. The van der Waals surface area contributed by atoms with Crippen molar-refractivity contribution >= 4 is 27.7 Å². The topological polar surface area (TPSA) is 41.9 Å². The number of aliphatic imine (C=N–C) groups is 1. The maximum Gasteiger partial charge on any atom is 0.410 e. The quantitative estimate of drug-likeness (QED) is 0.665. The second kappa shape index (κ2) is 8.09. The van der Waals surface area contributed by atoms with Crippen LogP contribution in [-0.2, 0) is 11.3 Å². The molecule has 1 saturated heterocycles. The largest absolute Gasteiger partial charge is 0.445 e. The molecule has 0 N–H and O–H groups in total. The molecule has 0 saturated carbocycles. The molecule has 2 aliphatic rings. The Morgan fingerprint density at radius 2 is 1.93 bits per heavy atom. The van der Waals surface area contributed by atoms with Gasteiger partial charge in [0.1, 0.15) is 6.61 Å². The first-order valence-corrected chi connectivity index (χ1v) is 9.99. The standard InChI is InChI=1S/C22H21BrN2O2/c23-19-10-8-17(9-11-19)20-13-18(14-24-20)21-7-4-12-25(21)22(26)27-15-16-5-2-1-3-6-16/h1-3,5-6,8-11,14,21H,4,7,12-13,15H2/t21-/m0/s1. The number of carbonyl (C=O) groups excluding carboxylic acids is 1. The van der Waals surface area contributed by atoms with E-state index in [4.69, 9.17) is 4.74 Å². The number of hydrogen-bond donors (Lipinski definition) is 0. The highest BCUT2D eigenvalue weighted by atomic mass is 79.9. The highest BCUT2D eigenvalue weighted by molar-refractivity contribution is 9.10. The number of hydrogen-bond acceptors (Lipinski definition) is 3. The zero-order valence-electron chi connectivity index (χ0n) is 15.0. The molecule has 0 aliphatic carbocycles. The van der Waals surface area contributed by atoms with Crippen LogP contribution in [0.15, 0.2) is 75.8 Å². The summed E-state index contributed by atoms with van der Waals surface area (Å²) in [7, 11) is 0. The third-order valence-corrected chi connectivity index (χ3v) is 5.58. The van der Waals surface area contributed by atoms with E-state index in [1.807, 2.05) is 53.6 Å². The molecule has 0 unspecified atom stereocenters. The maximum absolute atomic E-state index is 12.6. The van der Waals surface area contributed by atoms with Crippen LogP contribution in [0.25, 0.3) is 0 Å². The summed E-state index contributed by atoms with van der Waals surface area (Å²) in [5, 5.41) is 0. The second-order valence-corrected chi connectivity index (χ2v) is 7.77. The Bertz CT molecular complexity index is 875. The summed E-state index contributed by atoms with van der Waals surface area (Å²) in [6.45, 7) is 1.05. The third-order valence-electron chi connectivity index (χ3n) is 5.06. The van der Waals surface area contributed by atoms with Gasteiger partial charge in [0.25, 0.3) is 0 Å². The molecular formula is C22H21BrN2O2. The number of nitrogens with zero attached hydrogens (tertiary/aromatic N) is 2. The number of ether oxygens (including phenoxy) is 1. The minimum absolute atomic E-state index is 0.0879. The second-order valence-electron chi connectivity index (χ2n) is 6.86. The van der Waals surface area contributed by atoms with Gasteiger partial charge in [0.2, 0.25) is 0 Å². The lowest BCUT2D eigenvalue weighted by atomic mass is 9.98. The van der Waals surface area contributed by atoms with Crippen molar-refractivity contribution in [3.63, 3.8) is 0 Å². The van der Waals surface area contributed by atoms with Crippen molar-refractivity contribution in [3.05, 3.63) is 82.0 Å². The highest BCUT2D eigenvalue weighted by Gasteiger charge is 2.34. The zero-order valence-corrected chi connectivity index (χ0v) is 16.6. The maximum atomic E-state index is 12.6. The first-order valence-electron chi connectivity index (χ1n) is 9.19. The fourth-order valence-electron chi connectivity index (χ4n) is 3.64.